The lowest BCUT2D eigenvalue weighted by molar-refractivity contribution is 0.415. The van der Waals surface area contributed by atoms with Crippen molar-refractivity contribution in [2.45, 2.75) is 6.42 Å². The maximum atomic E-state index is 6.12. The predicted molar refractivity (Wildman–Crippen MR) is 63.8 cm³/mol. The van der Waals surface area contributed by atoms with Crippen molar-refractivity contribution >= 4 is 17.2 Å². The molecule has 77 valence electrons. The van der Waals surface area contributed by atoms with E-state index in [1.165, 1.54) is 0 Å². The summed E-state index contributed by atoms with van der Waals surface area (Å²) >= 11 is 6.12. The molecule has 0 N–H and O–H groups in total. The zero-order valence-electron chi connectivity index (χ0n) is 8.53. The normalized spacial score (nSPS) is 15.6. The summed E-state index contributed by atoms with van der Waals surface area (Å²) in [5, 5.41) is 0.798. The summed E-state index contributed by atoms with van der Waals surface area (Å²) in [7, 11) is 1.66. The highest BCUT2D eigenvalue weighted by Gasteiger charge is 2.09. The average molecular weight is 220 g/mol. The van der Waals surface area contributed by atoms with Gasteiger partial charge in [-0.2, -0.15) is 0 Å². The first-order valence-corrected chi connectivity index (χ1v) is 5.23. The van der Waals surface area contributed by atoms with Gasteiger partial charge in [-0.25, -0.2) is 0 Å². The molecule has 1 radical (unpaired) electrons. The molecule has 0 spiro atoms. The van der Waals surface area contributed by atoms with E-state index in [4.69, 9.17) is 16.3 Å². The van der Waals surface area contributed by atoms with E-state index in [1.807, 2.05) is 30.3 Å². The van der Waals surface area contributed by atoms with Crippen molar-refractivity contribution in [1.29, 1.82) is 0 Å². The SMILES string of the molecule is COc1ccc(C2=C(Cl)C=CC[CH]2)cc1. The number of benzene rings is 1. The van der Waals surface area contributed by atoms with Crippen LogP contribution in [0.2, 0.25) is 0 Å². The molecule has 1 aliphatic carbocycles. The Morgan fingerprint density at radius 1 is 1.20 bits per heavy atom. The van der Waals surface area contributed by atoms with Gasteiger partial charge in [-0.15, -0.1) is 0 Å². The molecule has 0 aliphatic heterocycles. The lowest BCUT2D eigenvalue weighted by Gasteiger charge is -2.12. The van der Waals surface area contributed by atoms with E-state index < -0.39 is 0 Å². The summed E-state index contributed by atoms with van der Waals surface area (Å²) in [6.45, 7) is 0. The molecule has 0 bridgehead atoms. The molecule has 2 rings (SSSR count). The molecule has 0 heterocycles. The third-order valence-electron chi connectivity index (χ3n) is 2.38. The van der Waals surface area contributed by atoms with Crippen molar-refractivity contribution < 1.29 is 4.74 Å². The van der Waals surface area contributed by atoms with Crippen LogP contribution in [-0.4, -0.2) is 7.11 Å². The maximum Gasteiger partial charge on any atom is 0.118 e. The van der Waals surface area contributed by atoms with Crippen molar-refractivity contribution in [3.8, 4) is 5.75 Å². The van der Waals surface area contributed by atoms with Gasteiger partial charge in [0.1, 0.15) is 5.75 Å². The highest BCUT2D eigenvalue weighted by molar-refractivity contribution is 6.34. The number of halogens is 1. The Morgan fingerprint density at radius 2 is 1.93 bits per heavy atom. The highest BCUT2D eigenvalue weighted by Crippen LogP contribution is 2.30. The van der Waals surface area contributed by atoms with Crippen molar-refractivity contribution in [2.24, 2.45) is 0 Å². The topological polar surface area (TPSA) is 9.23 Å². The van der Waals surface area contributed by atoms with E-state index >= 15 is 0 Å². The van der Waals surface area contributed by atoms with Crippen molar-refractivity contribution in [1.82, 2.24) is 0 Å². The quantitative estimate of drug-likeness (QED) is 0.735. The van der Waals surface area contributed by atoms with E-state index in [0.29, 0.717) is 0 Å². The maximum absolute atomic E-state index is 6.12. The number of hydrogen-bond acceptors (Lipinski definition) is 1. The third kappa shape index (κ3) is 2.24. The second-order valence-electron chi connectivity index (χ2n) is 3.33. The van der Waals surface area contributed by atoms with E-state index in [1.54, 1.807) is 7.11 Å². The molecule has 0 saturated carbocycles. The summed E-state index contributed by atoms with van der Waals surface area (Å²) in [4.78, 5) is 0. The Balaban J connectivity index is 2.33. The summed E-state index contributed by atoms with van der Waals surface area (Å²) in [6.07, 6.45) is 7.07. The Kier molecular flexibility index (Phi) is 3.12. The van der Waals surface area contributed by atoms with Crippen LogP contribution >= 0.6 is 11.6 Å². The van der Waals surface area contributed by atoms with Gasteiger partial charge >= 0.3 is 0 Å². The monoisotopic (exact) mass is 219 g/mol. The molecule has 1 aromatic rings. The van der Waals surface area contributed by atoms with Gasteiger partial charge in [0.2, 0.25) is 0 Å². The molecular weight excluding hydrogens is 208 g/mol. The van der Waals surface area contributed by atoms with Crippen LogP contribution in [0.25, 0.3) is 5.57 Å². The van der Waals surface area contributed by atoms with Crippen molar-refractivity contribution in [3.05, 3.63) is 53.4 Å². The van der Waals surface area contributed by atoms with Crippen molar-refractivity contribution in [2.75, 3.05) is 7.11 Å². The number of methoxy groups -OCH3 is 1. The van der Waals surface area contributed by atoms with E-state index in [9.17, 15) is 0 Å². The van der Waals surface area contributed by atoms with Crippen molar-refractivity contribution in [3.63, 3.8) is 0 Å². The zero-order chi connectivity index (χ0) is 10.7. The molecule has 1 aromatic carbocycles. The Morgan fingerprint density at radius 3 is 2.53 bits per heavy atom. The van der Waals surface area contributed by atoms with Crippen LogP contribution < -0.4 is 4.74 Å². The van der Waals surface area contributed by atoms with Gasteiger partial charge in [0.15, 0.2) is 0 Å². The Labute approximate surface area is 95.0 Å². The zero-order valence-corrected chi connectivity index (χ0v) is 9.29. The largest absolute Gasteiger partial charge is 0.497 e. The molecular formula is C13H12ClO. The summed E-state index contributed by atoms with van der Waals surface area (Å²) < 4.78 is 5.11. The van der Waals surface area contributed by atoms with Gasteiger partial charge in [0, 0.05) is 5.03 Å². The molecule has 0 aromatic heterocycles. The highest BCUT2D eigenvalue weighted by atomic mass is 35.5. The second kappa shape index (κ2) is 4.54. The van der Waals surface area contributed by atoms with Crippen LogP contribution in [-0.2, 0) is 0 Å². The molecule has 1 nitrogen and oxygen atoms in total. The van der Waals surface area contributed by atoms with E-state index in [-0.39, 0.29) is 0 Å². The lowest BCUT2D eigenvalue weighted by Crippen LogP contribution is -1.92. The molecule has 15 heavy (non-hydrogen) atoms. The molecule has 0 unspecified atom stereocenters. The predicted octanol–water partition coefficient (Wildman–Crippen LogP) is 3.81. The molecule has 2 heteroatoms. The summed E-state index contributed by atoms with van der Waals surface area (Å²) in [6, 6.07) is 7.93. The molecule has 0 fully saturated rings. The molecule has 1 aliphatic rings. The molecule has 0 amide bonds. The smallest absolute Gasteiger partial charge is 0.118 e. The van der Waals surface area contributed by atoms with Gasteiger partial charge < -0.3 is 4.74 Å². The number of hydrogen-bond donors (Lipinski definition) is 0. The third-order valence-corrected chi connectivity index (χ3v) is 2.71. The first kappa shape index (κ1) is 10.3. The fourth-order valence-corrected chi connectivity index (χ4v) is 1.85. The van der Waals surface area contributed by atoms with Crippen LogP contribution in [0.15, 0.2) is 41.4 Å². The first-order chi connectivity index (χ1) is 7.31. The minimum atomic E-state index is 0.798. The van der Waals surface area contributed by atoms with E-state index in [2.05, 4.69) is 12.5 Å². The van der Waals surface area contributed by atoms with Gasteiger partial charge in [0.05, 0.1) is 7.11 Å². The minimum absolute atomic E-state index is 0.798. The number of allylic oxidation sites excluding steroid dienone is 4. The fraction of sp³-hybridized carbons (Fsp3) is 0.154. The minimum Gasteiger partial charge on any atom is -0.497 e. The van der Waals surface area contributed by atoms with Crippen LogP contribution in [0, 0.1) is 6.42 Å². The van der Waals surface area contributed by atoms with Gasteiger partial charge in [-0.3, -0.25) is 0 Å². The van der Waals surface area contributed by atoms with Crippen LogP contribution in [0.1, 0.15) is 12.0 Å². The molecule has 0 atom stereocenters. The Bertz CT molecular complexity index is 401. The summed E-state index contributed by atoms with van der Waals surface area (Å²) in [5.41, 5.74) is 2.23. The average Bonchev–Trinajstić information content (AvgIpc) is 2.30. The number of rotatable bonds is 2. The van der Waals surface area contributed by atoms with Gasteiger partial charge in [-0.1, -0.05) is 29.8 Å². The van der Waals surface area contributed by atoms with Crippen LogP contribution in [0.5, 0.6) is 5.75 Å². The van der Waals surface area contributed by atoms with Gasteiger partial charge in [-0.05, 0) is 42.2 Å². The first-order valence-electron chi connectivity index (χ1n) is 4.85. The van der Waals surface area contributed by atoms with Crippen LogP contribution in [0.4, 0.5) is 0 Å². The van der Waals surface area contributed by atoms with E-state index in [0.717, 1.165) is 28.3 Å². The number of ether oxygens (including phenoxy) is 1. The van der Waals surface area contributed by atoms with Crippen LogP contribution in [0.3, 0.4) is 0 Å². The summed E-state index contributed by atoms with van der Waals surface area (Å²) in [5.74, 6) is 0.863. The lowest BCUT2D eigenvalue weighted by atomic mass is 9.97. The fourth-order valence-electron chi connectivity index (χ4n) is 1.57. The standard InChI is InChI=1S/C13H12ClO/c1-15-11-8-6-10(7-9-11)12-4-2-3-5-13(12)14/h3-9H,2H2,1H3. The Hall–Kier alpha value is -1.21. The van der Waals surface area contributed by atoms with Gasteiger partial charge in [0.25, 0.3) is 0 Å². The second-order valence-corrected chi connectivity index (χ2v) is 3.74. The molecule has 0 saturated heterocycles.